The van der Waals surface area contributed by atoms with Crippen molar-refractivity contribution in [2.24, 2.45) is 0 Å². The molecule has 10 heteroatoms. The fraction of sp³-hybridized carbons (Fsp3) is 0.150. The van der Waals surface area contributed by atoms with Crippen LogP contribution in [0.5, 0.6) is 5.75 Å². The summed E-state index contributed by atoms with van der Waals surface area (Å²) in [4.78, 5) is 20.5. The van der Waals surface area contributed by atoms with Crippen molar-refractivity contribution in [3.63, 3.8) is 0 Å². The molecule has 0 aliphatic carbocycles. The Morgan fingerprint density at radius 1 is 1.20 bits per heavy atom. The van der Waals surface area contributed by atoms with Crippen molar-refractivity contribution in [3.8, 4) is 22.8 Å². The lowest BCUT2D eigenvalue weighted by molar-refractivity contribution is -0.113. The zero-order valence-corrected chi connectivity index (χ0v) is 17.7. The number of rotatable bonds is 8. The van der Waals surface area contributed by atoms with E-state index < -0.39 is 0 Å². The smallest absolute Gasteiger partial charge is 0.236 e. The molecule has 0 saturated carbocycles. The van der Waals surface area contributed by atoms with Crippen LogP contribution in [0.1, 0.15) is 6.92 Å². The van der Waals surface area contributed by atoms with Crippen LogP contribution in [0.3, 0.4) is 0 Å². The molecule has 0 atom stereocenters. The van der Waals surface area contributed by atoms with Crippen molar-refractivity contribution in [3.05, 3.63) is 60.4 Å². The van der Waals surface area contributed by atoms with Gasteiger partial charge in [-0.2, -0.15) is 0 Å². The number of anilines is 1. The molecule has 3 aromatic heterocycles. The average molecular weight is 439 g/mol. The van der Waals surface area contributed by atoms with E-state index in [0.29, 0.717) is 22.7 Å². The first kappa shape index (κ1) is 20.0. The summed E-state index contributed by atoms with van der Waals surface area (Å²) in [5.41, 5.74) is 1.70. The van der Waals surface area contributed by atoms with Crippen LogP contribution in [0.25, 0.3) is 17.1 Å². The average Bonchev–Trinajstić information content (AvgIpc) is 3.43. The first-order valence-corrected chi connectivity index (χ1v) is 11.0. The van der Waals surface area contributed by atoms with Crippen LogP contribution in [0.2, 0.25) is 0 Å². The number of carbonyl (C=O) groups excluding carboxylic acids is 1. The van der Waals surface area contributed by atoms with E-state index in [4.69, 9.17) is 4.74 Å². The van der Waals surface area contributed by atoms with E-state index in [1.165, 1.54) is 23.1 Å². The number of aromatic nitrogens is 5. The summed E-state index contributed by atoms with van der Waals surface area (Å²) >= 11 is 2.68. The Morgan fingerprint density at radius 3 is 2.77 bits per heavy atom. The topological polar surface area (TPSA) is 94.8 Å². The maximum Gasteiger partial charge on any atom is 0.236 e. The number of pyridine rings is 1. The van der Waals surface area contributed by atoms with E-state index in [1.54, 1.807) is 18.6 Å². The van der Waals surface area contributed by atoms with Crippen LogP contribution in [0, 0.1) is 0 Å². The van der Waals surface area contributed by atoms with Gasteiger partial charge in [-0.3, -0.25) is 14.3 Å². The minimum Gasteiger partial charge on any atom is -0.494 e. The lowest BCUT2D eigenvalue weighted by atomic mass is 10.2. The third kappa shape index (κ3) is 4.66. The Morgan fingerprint density at radius 2 is 2.07 bits per heavy atom. The molecule has 1 N–H and O–H groups in total. The molecule has 0 fully saturated rings. The largest absolute Gasteiger partial charge is 0.494 e. The van der Waals surface area contributed by atoms with Crippen LogP contribution < -0.4 is 10.1 Å². The summed E-state index contributed by atoms with van der Waals surface area (Å²) in [6.07, 6.45) is 5.09. The summed E-state index contributed by atoms with van der Waals surface area (Å²) in [6.45, 7) is 2.54. The van der Waals surface area contributed by atoms with Gasteiger partial charge in [0.2, 0.25) is 5.91 Å². The number of hydrogen-bond acceptors (Lipinski definition) is 8. The maximum atomic E-state index is 12.3. The van der Waals surface area contributed by atoms with Gasteiger partial charge in [0.25, 0.3) is 0 Å². The summed E-state index contributed by atoms with van der Waals surface area (Å²) < 4.78 is 7.45. The highest BCUT2D eigenvalue weighted by Crippen LogP contribution is 2.28. The summed E-state index contributed by atoms with van der Waals surface area (Å²) in [5, 5.41) is 14.4. The Hall–Kier alpha value is -3.24. The predicted octanol–water partition coefficient (Wildman–Crippen LogP) is 3.92. The minimum atomic E-state index is -0.154. The Labute approximate surface area is 181 Å². The van der Waals surface area contributed by atoms with Gasteiger partial charge >= 0.3 is 0 Å². The molecule has 152 valence electrons. The molecule has 0 unspecified atom stereocenters. The first-order chi connectivity index (χ1) is 14.7. The molecule has 3 heterocycles. The fourth-order valence-electron chi connectivity index (χ4n) is 2.71. The van der Waals surface area contributed by atoms with Gasteiger partial charge in [0.05, 0.1) is 12.4 Å². The number of ether oxygens (including phenoxy) is 1. The molecule has 4 aromatic rings. The predicted molar refractivity (Wildman–Crippen MR) is 117 cm³/mol. The molecule has 0 radical (unpaired) electrons. The quantitative estimate of drug-likeness (QED) is 0.417. The Bertz CT molecular complexity index is 1100. The van der Waals surface area contributed by atoms with Crippen LogP contribution >= 0.6 is 23.1 Å². The first-order valence-electron chi connectivity index (χ1n) is 9.16. The molecule has 0 aliphatic rings. The number of benzene rings is 1. The Balaban J connectivity index is 1.61. The molecule has 0 aliphatic heterocycles. The van der Waals surface area contributed by atoms with Crippen molar-refractivity contribution in [1.82, 2.24) is 24.7 Å². The number of hydrogen-bond donors (Lipinski definition) is 1. The van der Waals surface area contributed by atoms with E-state index in [2.05, 4.69) is 25.5 Å². The zero-order valence-electron chi connectivity index (χ0n) is 16.1. The van der Waals surface area contributed by atoms with Crippen LogP contribution in [0.15, 0.2) is 65.5 Å². The highest BCUT2D eigenvalue weighted by molar-refractivity contribution is 7.99. The highest BCUT2D eigenvalue weighted by atomic mass is 32.2. The maximum absolute atomic E-state index is 12.3. The second kappa shape index (κ2) is 9.51. The number of nitrogens with one attached hydrogen (secondary N) is 1. The molecule has 4 rings (SSSR count). The minimum absolute atomic E-state index is 0.154. The second-order valence-electron chi connectivity index (χ2n) is 5.98. The van der Waals surface area contributed by atoms with Gasteiger partial charge in [0.1, 0.15) is 5.75 Å². The molecule has 8 nitrogen and oxygen atoms in total. The molecular weight excluding hydrogens is 420 g/mol. The molecule has 0 bridgehead atoms. The van der Waals surface area contributed by atoms with Gasteiger partial charge in [0, 0.05) is 35.2 Å². The van der Waals surface area contributed by atoms with E-state index in [0.717, 1.165) is 17.0 Å². The number of nitrogens with zero attached hydrogens (tertiary/aromatic N) is 5. The number of thiazole rings is 1. The standard InChI is InChI=1S/C20H18N6O2S2/c1-2-28-16-7-5-15(6-8-16)26-18(14-4-3-9-21-12-14)24-25-20(26)30-13-17(27)23-19-22-10-11-29-19/h3-12H,2,13H2,1H3,(H,22,23,27). The van der Waals surface area contributed by atoms with Crippen LogP contribution in [-0.2, 0) is 4.79 Å². The van der Waals surface area contributed by atoms with Crippen molar-refractivity contribution in [2.75, 3.05) is 17.7 Å². The highest BCUT2D eigenvalue weighted by Gasteiger charge is 2.18. The third-order valence-corrected chi connectivity index (χ3v) is 5.59. The number of thioether (sulfide) groups is 1. The second-order valence-corrected chi connectivity index (χ2v) is 7.82. The zero-order chi connectivity index (χ0) is 20.8. The fourth-order valence-corrected chi connectivity index (χ4v) is 4.00. The summed E-state index contributed by atoms with van der Waals surface area (Å²) in [5.74, 6) is 1.46. The van der Waals surface area contributed by atoms with E-state index >= 15 is 0 Å². The molecule has 0 spiro atoms. The Kier molecular flexibility index (Phi) is 6.35. The van der Waals surface area contributed by atoms with Gasteiger partial charge in [-0.05, 0) is 43.3 Å². The van der Waals surface area contributed by atoms with Gasteiger partial charge in [-0.15, -0.1) is 21.5 Å². The number of carbonyl (C=O) groups is 1. The van der Waals surface area contributed by atoms with Crippen molar-refractivity contribution in [2.45, 2.75) is 12.1 Å². The van der Waals surface area contributed by atoms with E-state index in [-0.39, 0.29) is 11.7 Å². The molecule has 0 saturated heterocycles. The van der Waals surface area contributed by atoms with Crippen LogP contribution in [0.4, 0.5) is 5.13 Å². The molecule has 1 aromatic carbocycles. The van der Waals surface area contributed by atoms with Crippen molar-refractivity contribution < 1.29 is 9.53 Å². The monoisotopic (exact) mass is 438 g/mol. The normalized spacial score (nSPS) is 10.7. The van der Waals surface area contributed by atoms with Gasteiger partial charge < -0.3 is 10.1 Å². The van der Waals surface area contributed by atoms with Gasteiger partial charge in [0.15, 0.2) is 16.1 Å². The molecular formula is C20H18N6O2S2. The van der Waals surface area contributed by atoms with Gasteiger partial charge in [-0.25, -0.2) is 4.98 Å². The lowest BCUT2D eigenvalue weighted by Gasteiger charge is -2.11. The molecule has 1 amide bonds. The summed E-state index contributed by atoms with van der Waals surface area (Å²) in [6, 6.07) is 11.4. The summed E-state index contributed by atoms with van der Waals surface area (Å²) in [7, 11) is 0. The SMILES string of the molecule is CCOc1ccc(-n2c(SCC(=O)Nc3nccs3)nnc2-c2cccnc2)cc1. The third-order valence-electron chi connectivity index (χ3n) is 3.97. The molecule has 30 heavy (non-hydrogen) atoms. The van der Waals surface area contributed by atoms with Crippen molar-refractivity contribution >= 4 is 34.1 Å². The number of amides is 1. The van der Waals surface area contributed by atoms with Crippen LogP contribution in [-0.4, -0.2) is 43.0 Å². The van der Waals surface area contributed by atoms with Crippen molar-refractivity contribution in [1.29, 1.82) is 0 Å². The van der Waals surface area contributed by atoms with E-state index in [9.17, 15) is 4.79 Å². The van der Waals surface area contributed by atoms with Gasteiger partial charge in [-0.1, -0.05) is 11.8 Å². The van der Waals surface area contributed by atoms with E-state index in [1.807, 2.05) is 53.3 Å². The lowest BCUT2D eigenvalue weighted by Crippen LogP contribution is -2.14.